The highest BCUT2D eigenvalue weighted by Crippen LogP contribution is 2.40. The normalized spacial score (nSPS) is 13.8. The molecule has 0 bridgehead atoms. The molecule has 2 N–H and O–H groups in total. The lowest BCUT2D eigenvalue weighted by molar-refractivity contribution is -0.172. The van der Waals surface area contributed by atoms with Crippen LogP contribution in [0.1, 0.15) is 18.1 Å². The molecule has 4 rings (SSSR count). The number of amides is 3. The average molecular weight is 627 g/mol. The van der Waals surface area contributed by atoms with Gasteiger partial charge >= 0.3 is 12.2 Å². The van der Waals surface area contributed by atoms with E-state index in [9.17, 15) is 22.8 Å². The summed E-state index contributed by atoms with van der Waals surface area (Å²) in [6, 6.07) is 7.35. The molecule has 240 valence electrons. The summed E-state index contributed by atoms with van der Waals surface area (Å²) < 4.78 is 46.9. The smallest absolute Gasteiger partial charge is 0.408 e. The highest BCUT2D eigenvalue weighted by atomic mass is 19.4. The second kappa shape index (κ2) is 13.4. The van der Waals surface area contributed by atoms with Gasteiger partial charge in [-0.2, -0.15) is 18.2 Å². The molecule has 2 aromatic carbocycles. The Hall–Kier alpha value is -4.85. The number of likely N-dealkylation sites (N-methyl/N-ethyl adjacent to an activating group) is 2. The maximum Gasteiger partial charge on any atom is 0.408 e. The topological polar surface area (TPSA) is 106 Å². The lowest BCUT2D eigenvalue weighted by Gasteiger charge is -2.39. The van der Waals surface area contributed by atoms with E-state index in [1.807, 2.05) is 37.9 Å². The summed E-state index contributed by atoms with van der Waals surface area (Å²) in [5.41, 5.74) is 3.16. The van der Waals surface area contributed by atoms with Crippen molar-refractivity contribution >= 4 is 46.5 Å². The van der Waals surface area contributed by atoms with Gasteiger partial charge in [0.25, 0.3) is 0 Å². The minimum Gasteiger partial charge on any atom is -0.494 e. The van der Waals surface area contributed by atoms with Crippen molar-refractivity contribution in [3.63, 3.8) is 0 Å². The summed E-state index contributed by atoms with van der Waals surface area (Å²) in [5.74, 6) is 0.203. The molecule has 3 aromatic rings. The van der Waals surface area contributed by atoms with Crippen molar-refractivity contribution < 1.29 is 27.5 Å². The summed E-state index contributed by atoms with van der Waals surface area (Å²) >= 11 is 0. The number of nitrogens with zero attached hydrogens (tertiary/aromatic N) is 6. The maximum absolute atomic E-state index is 13.7. The highest BCUT2D eigenvalue weighted by molar-refractivity contribution is 6.03. The van der Waals surface area contributed by atoms with Crippen molar-refractivity contribution in [1.82, 2.24) is 19.8 Å². The number of alkyl halides is 3. The van der Waals surface area contributed by atoms with Gasteiger partial charge in [0, 0.05) is 38.0 Å². The molecule has 1 aromatic heterocycles. The zero-order valence-corrected chi connectivity index (χ0v) is 26.1. The van der Waals surface area contributed by atoms with E-state index < -0.39 is 24.2 Å². The third-order valence-corrected chi connectivity index (χ3v) is 7.37. The number of anilines is 6. The van der Waals surface area contributed by atoms with Gasteiger partial charge in [0.1, 0.15) is 11.8 Å². The maximum atomic E-state index is 13.7. The number of carbonyl (C=O) groups is 2. The van der Waals surface area contributed by atoms with Crippen LogP contribution in [0.25, 0.3) is 0 Å². The van der Waals surface area contributed by atoms with Crippen LogP contribution < -0.4 is 25.2 Å². The molecule has 3 amide bonds. The number of urea groups is 1. The van der Waals surface area contributed by atoms with Crippen molar-refractivity contribution in [2.24, 2.45) is 0 Å². The Morgan fingerprint density at radius 2 is 1.84 bits per heavy atom. The quantitative estimate of drug-likeness (QED) is 0.262. The van der Waals surface area contributed by atoms with Gasteiger partial charge < -0.3 is 30.1 Å². The predicted octanol–water partition coefficient (Wildman–Crippen LogP) is 5.68. The Morgan fingerprint density at radius 3 is 2.44 bits per heavy atom. The molecule has 0 unspecified atom stereocenters. The largest absolute Gasteiger partial charge is 0.494 e. The second-order valence-corrected chi connectivity index (χ2v) is 11.0. The van der Waals surface area contributed by atoms with Crippen LogP contribution in [-0.4, -0.2) is 85.3 Å². The molecule has 11 nitrogen and oxygen atoms in total. The van der Waals surface area contributed by atoms with E-state index in [1.54, 1.807) is 36.4 Å². The molecule has 1 atom stereocenters. The Morgan fingerprint density at radius 1 is 1.16 bits per heavy atom. The summed E-state index contributed by atoms with van der Waals surface area (Å²) in [7, 11) is 7.31. The van der Waals surface area contributed by atoms with Crippen molar-refractivity contribution in [3.05, 3.63) is 66.4 Å². The summed E-state index contributed by atoms with van der Waals surface area (Å²) in [6.07, 6.45) is -2.08. The van der Waals surface area contributed by atoms with Gasteiger partial charge in [0.2, 0.25) is 11.9 Å². The third kappa shape index (κ3) is 7.45. The number of aryl methyl sites for hydroxylation is 1. The monoisotopic (exact) mass is 626 g/mol. The molecule has 0 radical (unpaired) electrons. The number of rotatable bonds is 11. The first kappa shape index (κ1) is 33.1. The molecule has 45 heavy (non-hydrogen) atoms. The van der Waals surface area contributed by atoms with Gasteiger partial charge in [-0.1, -0.05) is 24.3 Å². The number of benzene rings is 2. The van der Waals surface area contributed by atoms with Crippen LogP contribution in [0.2, 0.25) is 0 Å². The van der Waals surface area contributed by atoms with Crippen LogP contribution in [0.4, 0.5) is 52.5 Å². The van der Waals surface area contributed by atoms with Gasteiger partial charge in [0.15, 0.2) is 5.82 Å². The first-order chi connectivity index (χ1) is 21.2. The second-order valence-electron chi connectivity index (χ2n) is 11.0. The van der Waals surface area contributed by atoms with Gasteiger partial charge in [-0.3, -0.25) is 4.79 Å². The van der Waals surface area contributed by atoms with Crippen LogP contribution in [0, 0.1) is 6.92 Å². The number of halogens is 3. The number of carbonyl (C=O) groups excluding carboxylic acids is 2. The van der Waals surface area contributed by atoms with E-state index in [4.69, 9.17) is 4.74 Å². The van der Waals surface area contributed by atoms with Gasteiger partial charge in [-0.15, -0.1) is 0 Å². The van der Waals surface area contributed by atoms with Crippen LogP contribution in [0.15, 0.2) is 55.3 Å². The summed E-state index contributed by atoms with van der Waals surface area (Å²) in [6.45, 7) is 7.43. The van der Waals surface area contributed by atoms with E-state index >= 15 is 0 Å². The molecular weight excluding hydrogens is 589 g/mol. The van der Waals surface area contributed by atoms with E-state index in [0.717, 1.165) is 34.9 Å². The number of hydrogen-bond donors (Lipinski definition) is 2. The third-order valence-electron chi connectivity index (χ3n) is 7.37. The van der Waals surface area contributed by atoms with E-state index in [0.29, 0.717) is 40.6 Å². The number of hydrogen-bond acceptors (Lipinski definition) is 8. The lowest BCUT2D eigenvalue weighted by atomic mass is 10.1. The van der Waals surface area contributed by atoms with Crippen molar-refractivity contribution in [2.45, 2.75) is 32.6 Å². The zero-order chi connectivity index (χ0) is 33.1. The number of methoxy groups -OCH3 is 1. The average Bonchev–Trinajstić information content (AvgIpc) is 2.99. The molecule has 1 aliphatic heterocycles. The lowest BCUT2D eigenvalue weighted by Crippen LogP contribution is -2.53. The minimum absolute atomic E-state index is 0.0593. The Bertz CT molecular complexity index is 1560. The number of aromatic nitrogens is 2. The summed E-state index contributed by atoms with van der Waals surface area (Å²) in [5, 5.41) is 5.92. The van der Waals surface area contributed by atoms with Gasteiger partial charge in [-0.05, 0) is 52.2 Å². The van der Waals surface area contributed by atoms with E-state index in [-0.39, 0.29) is 18.3 Å². The van der Waals surface area contributed by atoms with Crippen LogP contribution in [0.5, 0.6) is 5.75 Å². The SMILES string of the molecule is C=CC(=O)Nc1cc(Nc2ncc3c(n2)N(c2ccc(C)cc2)C(=O)N([C@@H](C)C(F)(F)F)C3)c(OC)cc1N(C)CCN(C)C. The van der Waals surface area contributed by atoms with Crippen LogP contribution in [0.3, 0.4) is 0 Å². The molecule has 2 heterocycles. The molecule has 0 saturated carbocycles. The standard InChI is InChI=1S/C31H37F3N8O3/c1-8-27(43)36-23-15-24(26(45-7)16-25(23)40(6)14-13-39(4)5)37-29-35-17-21-18-41(20(3)31(32,33)34)30(44)42(28(21)38-29)22-11-9-19(2)10-12-22/h8-12,15-17,20H,1,13-14,18H2,2-7H3,(H,36,43)(H,35,37,38)/t20-/m0/s1. The Balaban J connectivity index is 1.77. The molecule has 14 heteroatoms. The molecular formula is C31H37F3N8O3. The highest BCUT2D eigenvalue weighted by Gasteiger charge is 2.46. The molecule has 1 aliphatic rings. The number of nitrogens with one attached hydrogen (secondary N) is 2. The molecule has 0 saturated heterocycles. The molecule has 0 spiro atoms. The fraction of sp³-hybridized carbons (Fsp3) is 0.355. The molecule has 0 aliphatic carbocycles. The zero-order valence-electron chi connectivity index (χ0n) is 26.1. The Labute approximate surface area is 260 Å². The minimum atomic E-state index is -4.63. The van der Waals surface area contributed by atoms with Crippen LogP contribution >= 0.6 is 0 Å². The first-order valence-corrected chi connectivity index (χ1v) is 14.1. The number of fused-ring (bicyclic) bond motifs is 1. The summed E-state index contributed by atoms with van der Waals surface area (Å²) in [4.78, 5) is 40.8. The van der Waals surface area contributed by atoms with Gasteiger partial charge in [-0.25, -0.2) is 14.7 Å². The van der Waals surface area contributed by atoms with Crippen molar-refractivity contribution in [3.8, 4) is 5.75 Å². The predicted molar refractivity (Wildman–Crippen MR) is 169 cm³/mol. The Kier molecular flexibility index (Phi) is 9.86. The first-order valence-electron chi connectivity index (χ1n) is 14.1. The number of ether oxygens (including phenoxy) is 1. The van der Waals surface area contributed by atoms with Crippen LogP contribution in [-0.2, 0) is 11.3 Å². The van der Waals surface area contributed by atoms with Crippen molar-refractivity contribution in [1.29, 1.82) is 0 Å². The fourth-order valence-electron chi connectivity index (χ4n) is 4.67. The van der Waals surface area contributed by atoms with Gasteiger partial charge in [0.05, 0.1) is 36.4 Å². The van der Waals surface area contributed by atoms with E-state index in [1.165, 1.54) is 13.3 Å². The van der Waals surface area contributed by atoms with E-state index in [2.05, 4.69) is 27.2 Å². The molecule has 0 fully saturated rings. The fourth-order valence-corrected chi connectivity index (χ4v) is 4.67. The van der Waals surface area contributed by atoms with Crippen molar-refractivity contribution in [2.75, 3.05) is 61.8 Å².